The molecule has 1 aromatic rings. The first kappa shape index (κ1) is 16.9. The Hall–Kier alpha value is -1.13. The average molecular weight is 301 g/mol. The van der Waals surface area contributed by atoms with Crippen molar-refractivity contribution in [3.05, 3.63) is 35.1 Å². The fourth-order valence-electron chi connectivity index (χ4n) is 2.53. The lowest BCUT2D eigenvalue weighted by atomic mass is 9.92. The third kappa shape index (κ3) is 3.70. The van der Waals surface area contributed by atoms with Crippen LogP contribution in [0.3, 0.4) is 0 Å². The fourth-order valence-corrected chi connectivity index (χ4v) is 2.53. The van der Waals surface area contributed by atoms with Gasteiger partial charge in [0, 0.05) is 24.7 Å². The number of likely N-dealkylation sites (tertiary alicyclic amines) is 1. The molecule has 2 unspecified atom stereocenters. The molecule has 1 saturated heterocycles. The molecule has 1 heterocycles. The van der Waals surface area contributed by atoms with Gasteiger partial charge < -0.3 is 10.6 Å². The number of carbonyl (C=O) groups excluding carboxylic acids is 1. The van der Waals surface area contributed by atoms with Gasteiger partial charge in [-0.05, 0) is 50.3 Å². The van der Waals surface area contributed by atoms with Crippen molar-refractivity contribution < 1.29 is 9.18 Å². The van der Waals surface area contributed by atoms with Crippen LogP contribution < -0.4 is 5.73 Å². The summed E-state index contributed by atoms with van der Waals surface area (Å²) in [5, 5.41) is 0. The first-order chi connectivity index (χ1) is 8.99. The van der Waals surface area contributed by atoms with Gasteiger partial charge in [-0.15, -0.1) is 12.4 Å². The predicted molar refractivity (Wildman–Crippen MR) is 80.7 cm³/mol. The molecule has 1 aliphatic heterocycles. The van der Waals surface area contributed by atoms with Crippen molar-refractivity contribution in [3.8, 4) is 0 Å². The maximum Gasteiger partial charge on any atom is 0.253 e. The first-order valence-corrected chi connectivity index (χ1v) is 6.80. The number of benzene rings is 1. The third-order valence-corrected chi connectivity index (χ3v) is 3.91. The maximum atomic E-state index is 13.5. The van der Waals surface area contributed by atoms with Gasteiger partial charge in [-0.2, -0.15) is 0 Å². The molecule has 1 amide bonds. The third-order valence-electron chi connectivity index (χ3n) is 3.91. The van der Waals surface area contributed by atoms with Gasteiger partial charge in [0.25, 0.3) is 5.91 Å². The molecule has 3 nitrogen and oxygen atoms in total. The highest BCUT2D eigenvalue weighted by Crippen LogP contribution is 2.21. The van der Waals surface area contributed by atoms with Crippen LogP contribution in [-0.4, -0.2) is 29.9 Å². The van der Waals surface area contributed by atoms with Crippen LogP contribution in [0.25, 0.3) is 0 Å². The second-order valence-corrected chi connectivity index (χ2v) is 5.48. The Morgan fingerprint density at radius 3 is 2.80 bits per heavy atom. The molecule has 112 valence electrons. The molecule has 0 aromatic heterocycles. The van der Waals surface area contributed by atoms with Crippen molar-refractivity contribution in [2.45, 2.75) is 32.7 Å². The van der Waals surface area contributed by atoms with E-state index in [-0.39, 0.29) is 30.2 Å². The molecule has 5 heteroatoms. The van der Waals surface area contributed by atoms with Crippen LogP contribution in [0.4, 0.5) is 4.39 Å². The SMILES string of the molecule is Cc1ccc(C(=O)N2CCCC(C(C)N)C2)cc1F.Cl. The number of carbonyl (C=O) groups is 1. The van der Waals surface area contributed by atoms with Gasteiger partial charge >= 0.3 is 0 Å². The van der Waals surface area contributed by atoms with E-state index in [4.69, 9.17) is 5.73 Å². The standard InChI is InChI=1S/C15H21FN2O.ClH/c1-10-5-6-12(8-14(10)16)15(19)18-7-3-4-13(9-18)11(2)17;/h5-6,8,11,13H,3-4,7,9,17H2,1-2H3;1H. The number of piperidine rings is 1. The summed E-state index contributed by atoms with van der Waals surface area (Å²) in [6.07, 6.45) is 2.02. The van der Waals surface area contributed by atoms with Crippen LogP contribution in [-0.2, 0) is 0 Å². The molecule has 1 fully saturated rings. The van der Waals surface area contributed by atoms with E-state index < -0.39 is 0 Å². The van der Waals surface area contributed by atoms with Gasteiger partial charge in [-0.25, -0.2) is 4.39 Å². The van der Waals surface area contributed by atoms with Crippen LogP contribution in [0.5, 0.6) is 0 Å². The summed E-state index contributed by atoms with van der Waals surface area (Å²) in [4.78, 5) is 14.1. The molecule has 0 spiro atoms. The largest absolute Gasteiger partial charge is 0.338 e. The lowest BCUT2D eigenvalue weighted by Crippen LogP contribution is -2.45. The molecule has 2 N–H and O–H groups in total. The lowest BCUT2D eigenvalue weighted by molar-refractivity contribution is 0.0660. The van der Waals surface area contributed by atoms with Crippen molar-refractivity contribution in [1.82, 2.24) is 4.90 Å². The van der Waals surface area contributed by atoms with E-state index in [1.807, 2.05) is 6.92 Å². The Kier molecular flexibility index (Phi) is 5.96. The van der Waals surface area contributed by atoms with Gasteiger partial charge in [0.05, 0.1) is 0 Å². The van der Waals surface area contributed by atoms with Crippen molar-refractivity contribution in [2.24, 2.45) is 11.7 Å². The zero-order valence-corrected chi connectivity index (χ0v) is 12.8. The number of halogens is 2. The molecule has 0 saturated carbocycles. The summed E-state index contributed by atoms with van der Waals surface area (Å²) in [5.74, 6) is -0.0798. The van der Waals surface area contributed by atoms with Crippen molar-refractivity contribution in [2.75, 3.05) is 13.1 Å². The molecule has 0 aliphatic carbocycles. The minimum Gasteiger partial charge on any atom is -0.338 e. The molecule has 1 aromatic carbocycles. The van der Waals surface area contributed by atoms with E-state index in [0.717, 1.165) is 19.4 Å². The number of nitrogens with zero attached hydrogens (tertiary/aromatic N) is 1. The Morgan fingerprint density at radius 1 is 1.50 bits per heavy atom. The number of hydrogen-bond donors (Lipinski definition) is 1. The summed E-state index contributed by atoms with van der Waals surface area (Å²) in [6.45, 7) is 5.07. The zero-order chi connectivity index (χ0) is 14.0. The summed E-state index contributed by atoms with van der Waals surface area (Å²) < 4.78 is 13.5. The van der Waals surface area contributed by atoms with Gasteiger partial charge in [-0.3, -0.25) is 4.79 Å². The zero-order valence-electron chi connectivity index (χ0n) is 11.9. The van der Waals surface area contributed by atoms with Gasteiger partial charge in [0.15, 0.2) is 0 Å². The minimum atomic E-state index is -0.327. The fraction of sp³-hybridized carbons (Fsp3) is 0.533. The quantitative estimate of drug-likeness (QED) is 0.913. The molecule has 0 bridgehead atoms. The molecule has 2 rings (SSSR count). The molecule has 1 aliphatic rings. The molecule has 20 heavy (non-hydrogen) atoms. The highest BCUT2D eigenvalue weighted by molar-refractivity contribution is 5.94. The van der Waals surface area contributed by atoms with Crippen LogP contribution in [0.15, 0.2) is 18.2 Å². The Balaban J connectivity index is 0.00000200. The molecule has 0 radical (unpaired) electrons. The average Bonchev–Trinajstić information content (AvgIpc) is 2.41. The van der Waals surface area contributed by atoms with E-state index in [1.165, 1.54) is 6.07 Å². The Labute approximate surface area is 125 Å². The predicted octanol–water partition coefficient (Wildman–Crippen LogP) is 2.76. The van der Waals surface area contributed by atoms with Gasteiger partial charge in [0.1, 0.15) is 5.82 Å². The number of rotatable bonds is 2. The van der Waals surface area contributed by atoms with Crippen molar-refractivity contribution >= 4 is 18.3 Å². The van der Waals surface area contributed by atoms with Crippen LogP contribution >= 0.6 is 12.4 Å². The summed E-state index contributed by atoms with van der Waals surface area (Å²) in [5.41, 5.74) is 6.90. The van der Waals surface area contributed by atoms with Crippen LogP contribution in [0, 0.1) is 18.7 Å². The molecule has 2 atom stereocenters. The number of nitrogens with two attached hydrogens (primary N) is 1. The van der Waals surface area contributed by atoms with E-state index >= 15 is 0 Å². The summed E-state index contributed by atoms with van der Waals surface area (Å²) in [6, 6.07) is 4.75. The lowest BCUT2D eigenvalue weighted by Gasteiger charge is -2.34. The second kappa shape index (κ2) is 7.04. The monoisotopic (exact) mass is 300 g/mol. The first-order valence-electron chi connectivity index (χ1n) is 6.80. The van der Waals surface area contributed by atoms with E-state index in [0.29, 0.717) is 23.6 Å². The second-order valence-electron chi connectivity index (χ2n) is 5.48. The highest BCUT2D eigenvalue weighted by Gasteiger charge is 2.26. The molecular formula is C15H22ClFN2O. The smallest absolute Gasteiger partial charge is 0.253 e. The Morgan fingerprint density at radius 2 is 2.20 bits per heavy atom. The summed E-state index contributed by atoms with van der Waals surface area (Å²) >= 11 is 0. The topological polar surface area (TPSA) is 46.3 Å². The van der Waals surface area contributed by atoms with Crippen molar-refractivity contribution in [3.63, 3.8) is 0 Å². The maximum absolute atomic E-state index is 13.5. The van der Waals surface area contributed by atoms with E-state index in [1.54, 1.807) is 24.0 Å². The Bertz CT molecular complexity index is 479. The summed E-state index contributed by atoms with van der Waals surface area (Å²) in [7, 11) is 0. The number of aryl methyl sites for hydroxylation is 1. The minimum absolute atomic E-state index is 0. The highest BCUT2D eigenvalue weighted by atomic mass is 35.5. The van der Waals surface area contributed by atoms with Crippen LogP contribution in [0.2, 0.25) is 0 Å². The van der Waals surface area contributed by atoms with Gasteiger partial charge in [0.2, 0.25) is 0 Å². The number of hydrogen-bond acceptors (Lipinski definition) is 2. The molecular weight excluding hydrogens is 279 g/mol. The number of amides is 1. The van der Waals surface area contributed by atoms with E-state index in [9.17, 15) is 9.18 Å². The normalized spacial score (nSPS) is 20.2. The van der Waals surface area contributed by atoms with Crippen molar-refractivity contribution in [1.29, 1.82) is 0 Å². The van der Waals surface area contributed by atoms with Gasteiger partial charge in [-0.1, -0.05) is 6.07 Å². The van der Waals surface area contributed by atoms with E-state index in [2.05, 4.69) is 0 Å². The van der Waals surface area contributed by atoms with Crippen LogP contribution in [0.1, 0.15) is 35.7 Å².